The molecular formula is C18H21N3O2. The Morgan fingerprint density at radius 1 is 1.04 bits per heavy atom. The van der Waals surface area contributed by atoms with Crippen LogP contribution in [0.2, 0.25) is 0 Å². The van der Waals surface area contributed by atoms with Crippen LogP contribution in [0.1, 0.15) is 12.8 Å². The average Bonchev–Trinajstić information content (AvgIpc) is 3.31. The van der Waals surface area contributed by atoms with Crippen LogP contribution in [-0.2, 0) is 9.59 Å². The van der Waals surface area contributed by atoms with Gasteiger partial charge in [-0.15, -0.1) is 0 Å². The summed E-state index contributed by atoms with van der Waals surface area (Å²) in [6, 6.07) is 14.1. The van der Waals surface area contributed by atoms with Gasteiger partial charge in [0, 0.05) is 17.1 Å². The van der Waals surface area contributed by atoms with Crippen molar-refractivity contribution in [1.82, 2.24) is 10.2 Å². The van der Waals surface area contributed by atoms with Crippen LogP contribution in [0.5, 0.6) is 0 Å². The molecule has 0 bridgehead atoms. The minimum Gasteiger partial charge on any atom is -0.352 e. The molecule has 0 saturated heterocycles. The summed E-state index contributed by atoms with van der Waals surface area (Å²) in [6.45, 7) is 0.417. The molecule has 1 aliphatic carbocycles. The molecule has 0 aromatic heterocycles. The van der Waals surface area contributed by atoms with Gasteiger partial charge in [0.15, 0.2) is 0 Å². The van der Waals surface area contributed by atoms with E-state index in [2.05, 4.69) is 10.6 Å². The first-order chi connectivity index (χ1) is 11.1. The molecule has 5 heteroatoms. The third-order valence-corrected chi connectivity index (χ3v) is 3.83. The smallest absolute Gasteiger partial charge is 0.238 e. The molecule has 0 radical (unpaired) electrons. The molecule has 1 saturated carbocycles. The number of hydrogen-bond donors (Lipinski definition) is 2. The lowest BCUT2D eigenvalue weighted by molar-refractivity contribution is -0.123. The molecule has 0 atom stereocenters. The van der Waals surface area contributed by atoms with Gasteiger partial charge in [0.05, 0.1) is 13.1 Å². The average molecular weight is 311 g/mol. The van der Waals surface area contributed by atoms with Gasteiger partial charge in [-0.25, -0.2) is 0 Å². The molecule has 2 N–H and O–H groups in total. The van der Waals surface area contributed by atoms with Crippen molar-refractivity contribution >= 4 is 28.3 Å². The number of nitrogens with one attached hydrogen (secondary N) is 2. The number of amides is 2. The Hall–Kier alpha value is -2.40. The monoisotopic (exact) mass is 311 g/mol. The van der Waals surface area contributed by atoms with Gasteiger partial charge in [0.25, 0.3) is 0 Å². The van der Waals surface area contributed by atoms with Crippen molar-refractivity contribution in [3.8, 4) is 0 Å². The van der Waals surface area contributed by atoms with Crippen LogP contribution in [0.3, 0.4) is 0 Å². The van der Waals surface area contributed by atoms with E-state index in [0.717, 1.165) is 29.3 Å². The molecule has 120 valence electrons. The zero-order valence-corrected chi connectivity index (χ0v) is 13.2. The molecule has 0 spiro atoms. The molecule has 2 aromatic carbocycles. The summed E-state index contributed by atoms with van der Waals surface area (Å²) < 4.78 is 0. The van der Waals surface area contributed by atoms with Crippen LogP contribution in [0.15, 0.2) is 42.5 Å². The highest BCUT2D eigenvalue weighted by Crippen LogP contribution is 2.22. The van der Waals surface area contributed by atoms with E-state index in [1.165, 1.54) is 0 Å². The summed E-state index contributed by atoms with van der Waals surface area (Å²) in [7, 11) is 1.77. The number of fused-ring (bicyclic) bond motifs is 1. The molecular weight excluding hydrogens is 290 g/mol. The summed E-state index contributed by atoms with van der Waals surface area (Å²) >= 11 is 0. The Bertz CT molecular complexity index is 720. The molecule has 0 unspecified atom stereocenters. The first kappa shape index (κ1) is 15.5. The Morgan fingerprint density at radius 2 is 1.74 bits per heavy atom. The lowest BCUT2D eigenvalue weighted by Gasteiger charge is -2.16. The van der Waals surface area contributed by atoms with Crippen LogP contribution in [0, 0.1) is 0 Å². The highest BCUT2D eigenvalue weighted by Gasteiger charge is 2.23. The molecule has 0 heterocycles. The van der Waals surface area contributed by atoms with Crippen LogP contribution in [0.4, 0.5) is 5.69 Å². The van der Waals surface area contributed by atoms with E-state index >= 15 is 0 Å². The predicted molar refractivity (Wildman–Crippen MR) is 91.2 cm³/mol. The third-order valence-electron chi connectivity index (χ3n) is 3.83. The number of likely N-dealkylation sites (N-methyl/N-ethyl adjacent to an activating group) is 1. The number of anilines is 1. The summed E-state index contributed by atoms with van der Waals surface area (Å²) in [4.78, 5) is 25.7. The van der Waals surface area contributed by atoms with Crippen LogP contribution in [-0.4, -0.2) is 42.9 Å². The summed E-state index contributed by atoms with van der Waals surface area (Å²) in [5, 5.41) is 7.95. The van der Waals surface area contributed by atoms with Crippen molar-refractivity contribution < 1.29 is 9.59 Å². The maximum absolute atomic E-state index is 12.2. The van der Waals surface area contributed by atoms with Gasteiger partial charge in [0.2, 0.25) is 11.8 Å². The highest BCUT2D eigenvalue weighted by molar-refractivity contribution is 6.02. The van der Waals surface area contributed by atoms with E-state index in [-0.39, 0.29) is 24.9 Å². The Labute approximate surface area is 135 Å². The Kier molecular flexibility index (Phi) is 4.57. The number of benzene rings is 2. The molecule has 5 nitrogen and oxygen atoms in total. The number of carbonyl (C=O) groups excluding carboxylic acids is 2. The summed E-state index contributed by atoms with van der Waals surface area (Å²) in [5.41, 5.74) is 0.795. The topological polar surface area (TPSA) is 61.4 Å². The van der Waals surface area contributed by atoms with Crippen LogP contribution < -0.4 is 10.6 Å². The van der Waals surface area contributed by atoms with E-state index in [9.17, 15) is 9.59 Å². The van der Waals surface area contributed by atoms with E-state index in [4.69, 9.17) is 0 Å². The first-order valence-corrected chi connectivity index (χ1v) is 7.87. The summed E-state index contributed by atoms with van der Waals surface area (Å²) in [6.07, 6.45) is 2.13. The zero-order valence-electron chi connectivity index (χ0n) is 13.2. The Balaban J connectivity index is 1.56. The van der Waals surface area contributed by atoms with Gasteiger partial charge in [-0.05, 0) is 31.3 Å². The van der Waals surface area contributed by atoms with Crippen molar-refractivity contribution in [2.24, 2.45) is 0 Å². The predicted octanol–water partition coefficient (Wildman–Crippen LogP) is 1.99. The standard InChI is InChI=1S/C18H21N3O2/c1-21(11-17(22)19-14-9-10-14)12-18(23)20-16-8-4-6-13-5-2-3-7-15(13)16/h2-8,14H,9-12H2,1H3,(H,19,22)(H,20,23). The minimum absolute atomic E-state index is 0.0204. The largest absolute Gasteiger partial charge is 0.352 e. The second-order valence-corrected chi connectivity index (χ2v) is 6.09. The van der Waals surface area contributed by atoms with Crippen molar-refractivity contribution in [2.45, 2.75) is 18.9 Å². The lowest BCUT2D eigenvalue weighted by atomic mass is 10.1. The fourth-order valence-corrected chi connectivity index (χ4v) is 2.57. The quantitative estimate of drug-likeness (QED) is 0.857. The fraction of sp³-hybridized carbons (Fsp3) is 0.333. The highest BCUT2D eigenvalue weighted by atomic mass is 16.2. The maximum Gasteiger partial charge on any atom is 0.238 e. The molecule has 2 aromatic rings. The molecule has 1 fully saturated rings. The van der Waals surface area contributed by atoms with E-state index in [1.807, 2.05) is 42.5 Å². The Morgan fingerprint density at radius 3 is 2.52 bits per heavy atom. The minimum atomic E-state index is -0.122. The SMILES string of the molecule is CN(CC(=O)Nc1cccc2ccccc12)CC(=O)NC1CC1. The molecule has 1 aliphatic rings. The van der Waals surface area contributed by atoms with Crippen molar-refractivity contribution in [3.05, 3.63) is 42.5 Å². The number of nitrogens with zero attached hydrogens (tertiary/aromatic N) is 1. The van der Waals surface area contributed by atoms with Gasteiger partial charge in [-0.2, -0.15) is 0 Å². The third kappa shape index (κ3) is 4.29. The van der Waals surface area contributed by atoms with Gasteiger partial charge in [-0.3, -0.25) is 14.5 Å². The maximum atomic E-state index is 12.2. The molecule has 3 rings (SSSR count). The van der Waals surface area contributed by atoms with Crippen molar-refractivity contribution in [3.63, 3.8) is 0 Å². The fourth-order valence-electron chi connectivity index (χ4n) is 2.57. The van der Waals surface area contributed by atoms with Gasteiger partial charge in [0.1, 0.15) is 0 Å². The van der Waals surface area contributed by atoms with E-state index < -0.39 is 0 Å². The van der Waals surface area contributed by atoms with Crippen LogP contribution in [0.25, 0.3) is 10.8 Å². The normalized spacial score (nSPS) is 14.0. The molecule has 0 aliphatic heterocycles. The lowest BCUT2D eigenvalue weighted by Crippen LogP contribution is -2.39. The first-order valence-electron chi connectivity index (χ1n) is 7.87. The van der Waals surface area contributed by atoms with E-state index in [0.29, 0.717) is 6.04 Å². The van der Waals surface area contributed by atoms with E-state index in [1.54, 1.807) is 11.9 Å². The van der Waals surface area contributed by atoms with Gasteiger partial charge < -0.3 is 10.6 Å². The van der Waals surface area contributed by atoms with Crippen molar-refractivity contribution in [1.29, 1.82) is 0 Å². The second-order valence-electron chi connectivity index (χ2n) is 6.09. The zero-order chi connectivity index (χ0) is 16.2. The van der Waals surface area contributed by atoms with Gasteiger partial charge in [-0.1, -0.05) is 36.4 Å². The second kappa shape index (κ2) is 6.79. The summed E-state index contributed by atoms with van der Waals surface area (Å²) in [5.74, 6) is -0.143. The molecule has 23 heavy (non-hydrogen) atoms. The van der Waals surface area contributed by atoms with Crippen molar-refractivity contribution in [2.75, 3.05) is 25.5 Å². The number of rotatable bonds is 6. The van der Waals surface area contributed by atoms with Crippen LogP contribution >= 0.6 is 0 Å². The molecule has 2 amide bonds. The number of hydrogen-bond acceptors (Lipinski definition) is 3. The van der Waals surface area contributed by atoms with Gasteiger partial charge >= 0.3 is 0 Å². The number of carbonyl (C=O) groups is 2.